The molecule has 19 heteroatoms. The number of allylic oxidation sites excluding steroid dienone is 25. The Balaban J connectivity index is 5.44. The van der Waals surface area contributed by atoms with Crippen molar-refractivity contribution in [2.24, 2.45) is 0 Å². The molecule has 0 fully saturated rings. The minimum absolute atomic E-state index is 0.0693. The van der Waals surface area contributed by atoms with E-state index in [0.29, 0.717) is 25.7 Å². The maximum absolute atomic E-state index is 13.1. The topological polar surface area (TPSA) is 237 Å². The zero-order valence-corrected chi connectivity index (χ0v) is 65.0. The van der Waals surface area contributed by atoms with Crippen molar-refractivity contribution in [2.45, 2.75) is 303 Å². The number of phosphoric acid groups is 2. The summed E-state index contributed by atoms with van der Waals surface area (Å²) in [6, 6.07) is 0. The van der Waals surface area contributed by atoms with Gasteiger partial charge in [-0.15, -0.1) is 0 Å². The van der Waals surface area contributed by atoms with E-state index in [9.17, 15) is 43.2 Å². The van der Waals surface area contributed by atoms with Crippen LogP contribution in [0.2, 0.25) is 0 Å². The van der Waals surface area contributed by atoms with Gasteiger partial charge in [0.15, 0.2) is 12.2 Å². The van der Waals surface area contributed by atoms with Gasteiger partial charge in [-0.2, -0.15) is 0 Å². The lowest BCUT2D eigenvalue weighted by Gasteiger charge is -2.21. The minimum Gasteiger partial charge on any atom is -0.462 e. The predicted molar refractivity (Wildman–Crippen MR) is 417 cm³/mol. The highest BCUT2D eigenvalue weighted by Gasteiger charge is 2.30. The summed E-state index contributed by atoms with van der Waals surface area (Å²) >= 11 is 0. The molecule has 0 aliphatic rings. The van der Waals surface area contributed by atoms with E-state index in [0.717, 1.165) is 205 Å². The SMILES string of the molecule is CC/C=C\C/C=C\C/C=C\C/C=C\C/C=C\CC(=O)OC(COC(=O)CCCCCCCCC/C=C\C/C=C\C/C=C\CC)COP(=O)(O)OCC(O)COP(=O)(O)OCC(COC(=O)CCCCCCCCC/C=C\C/C=C\C/C=C\CC)OC(=O)CCCCCCC/C=C\C/C=C\CCC. The number of hydrogen-bond donors (Lipinski definition) is 3. The zero-order chi connectivity index (χ0) is 74.6. The van der Waals surface area contributed by atoms with Crippen molar-refractivity contribution in [1.82, 2.24) is 0 Å². The molecule has 0 rings (SSSR count). The number of carbonyl (C=O) groups excluding carboxylic acids is 4. The highest BCUT2D eigenvalue weighted by atomic mass is 31.2. The molecule has 0 aromatic carbocycles. The van der Waals surface area contributed by atoms with Crippen LogP contribution in [0.15, 0.2) is 158 Å². The maximum Gasteiger partial charge on any atom is 0.472 e. The Labute approximate surface area is 617 Å². The molecule has 0 heterocycles. The minimum atomic E-state index is -5.01. The second-order valence-electron chi connectivity index (χ2n) is 25.2. The zero-order valence-electron chi connectivity index (χ0n) is 63.2. The number of esters is 4. The van der Waals surface area contributed by atoms with Gasteiger partial charge in [0.25, 0.3) is 0 Å². The molecule has 0 aromatic heterocycles. The molecule has 0 aliphatic heterocycles. The average Bonchev–Trinajstić information content (AvgIpc) is 0.907. The molecule has 580 valence electrons. The Kier molecular flexibility index (Phi) is 70.1. The van der Waals surface area contributed by atoms with Gasteiger partial charge in [0.1, 0.15) is 19.3 Å². The van der Waals surface area contributed by atoms with Crippen molar-refractivity contribution in [1.29, 1.82) is 0 Å². The standard InChI is InChI=1S/C83H136O17P2/c1-5-9-13-17-21-25-29-33-36-38-41-44-47-51-55-59-63-67-80(85)93-73-78(99-82(87)69-65-61-57-53-49-43-32-28-24-20-16-12-8-4)75-97-101(89,90)95-71-77(84)72-96-102(91,92)98-76-79(100-83(88)70-66-62-58-54-50-46-40-35-31-27-23-19-15-11-7-3)74-94-81(86)68-64-60-56-52-48-45-42-39-37-34-30-26-22-18-14-10-6-2/h9-11,13-16,20-23,25-28,32-37,40,50,54,62,66,77-79,84H,5-8,12,17-19,24,29-31,38-39,41-49,51-53,55-61,63-65,67-76H2,1-4H3,(H,89,90)(H,91,92)/b13-9-,14-10-,15-11-,20-16-,25-21-,26-22-,27-23-,32-28-,36-33-,37-34-,40-35-,54-50-,66-62-. The number of unbranched alkanes of at least 4 members (excludes halogenated alkanes) is 20. The Hall–Kier alpha value is -5.32. The van der Waals surface area contributed by atoms with E-state index in [-0.39, 0.29) is 25.7 Å². The number of ether oxygens (including phenoxy) is 4. The molecule has 0 aliphatic carbocycles. The maximum atomic E-state index is 13.1. The lowest BCUT2D eigenvalue weighted by molar-refractivity contribution is -0.161. The number of aliphatic hydroxyl groups excluding tert-OH is 1. The largest absolute Gasteiger partial charge is 0.472 e. The third-order valence-corrected chi connectivity index (χ3v) is 17.4. The molecule has 17 nitrogen and oxygen atoms in total. The molecular formula is C83H136O17P2. The third kappa shape index (κ3) is 73.0. The van der Waals surface area contributed by atoms with Crippen molar-refractivity contribution in [3.63, 3.8) is 0 Å². The Morgan fingerprint density at radius 1 is 0.294 bits per heavy atom. The fourth-order valence-corrected chi connectivity index (χ4v) is 11.3. The molecule has 0 radical (unpaired) electrons. The first-order chi connectivity index (χ1) is 49.7. The summed E-state index contributed by atoms with van der Waals surface area (Å²) < 4.78 is 68.4. The van der Waals surface area contributed by atoms with Crippen LogP contribution in [0, 0.1) is 0 Å². The van der Waals surface area contributed by atoms with E-state index in [1.54, 1.807) is 12.2 Å². The second-order valence-corrected chi connectivity index (χ2v) is 28.1. The summed E-state index contributed by atoms with van der Waals surface area (Å²) in [4.78, 5) is 72.9. The summed E-state index contributed by atoms with van der Waals surface area (Å²) in [6.45, 7) is 4.31. The molecule has 5 atom stereocenters. The Bertz CT molecular complexity index is 2550. The molecule has 102 heavy (non-hydrogen) atoms. The lowest BCUT2D eigenvalue weighted by Crippen LogP contribution is -2.30. The Morgan fingerprint density at radius 2 is 0.549 bits per heavy atom. The summed E-state index contributed by atoms with van der Waals surface area (Å²) in [6.07, 6.45) is 85.5. The molecule has 3 N–H and O–H groups in total. The fourth-order valence-electron chi connectivity index (χ4n) is 9.71. The molecule has 0 aromatic rings. The fraction of sp³-hybridized carbons (Fsp3) is 0.639. The van der Waals surface area contributed by atoms with Gasteiger partial charge < -0.3 is 33.8 Å². The molecule has 0 saturated heterocycles. The van der Waals surface area contributed by atoms with Crippen LogP contribution in [0.5, 0.6) is 0 Å². The van der Waals surface area contributed by atoms with Gasteiger partial charge in [-0.1, -0.05) is 276 Å². The number of hydrogen-bond acceptors (Lipinski definition) is 15. The van der Waals surface area contributed by atoms with E-state index < -0.39 is 97.5 Å². The van der Waals surface area contributed by atoms with Gasteiger partial charge in [0.2, 0.25) is 0 Å². The number of aliphatic hydroxyl groups is 1. The van der Waals surface area contributed by atoms with Crippen LogP contribution in [0.1, 0.15) is 285 Å². The van der Waals surface area contributed by atoms with Gasteiger partial charge in [-0.3, -0.25) is 37.3 Å². The summed E-state index contributed by atoms with van der Waals surface area (Å²) in [7, 11) is -10.0. The lowest BCUT2D eigenvalue weighted by atomic mass is 10.1. The molecule has 0 amide bonds. The predicted octanol–water partition coefficient (Wildman–Crippen LogP) is 22.4. The molecule has 0 spiro atoms. The first-order valence-electron chi connectivity index (χ1n) is 38.7. The summed E-state index contributed by atoms with van der Waals surface area (Å²) in [5, 5.41) is 10.6. The summed E-state index contributed by atoms with van der Waals surface area (Å²) in [5.41, 5.74) is 0. The van der Waals surface area contributed by atoms with Crippen molar-refractivity contribution >= 4 is 39.5 Å². The van der Waals surface area contributed by atoms with Gasteiger partial charge in [0.05, 0.1) is 32.8 Å². The van der Waals surface area contributed by atoms with Gasteiger partial charge in [0, 0.05) is 19.3 Å². The van der Waals surface area contributed by atoms with Crippen molar-refractivity contribution in [2.75, 3.05) is 39.6 Å². The van der Waals surface area contributed by atoms with Crippen molar-refractivity contribution in [3.05, 3.63) is 158 Å². The highest BCUT2D eigenvalue weighted by molar-refractivity contribution is 7.47. The van der Waals surface area contributed by atoms with Crippen LogP contribution < -0.4 is 0 Å². The number of rotatable bonds is 71. The van der Waals surface area contributed by atoms with Crippen LogP contribution in [0.3, 0.4) is 0 Å². The Morgan fingerprint density at radius 3 is 0.873 bits per heavy atom. The quantitative estimate of drug-likeness (QED) is 0.0169. The van der Waals surface area contributed by atoms with E-state index >= 15 is 0 Å². The smallest absolute Gasteiger partial charge is 0.462 e. The second kappa shape index (κ2) is 74.0. The van der Waals surface area contributed by atoms with Gasteiger partial charge in [-0.25, -0.2) is 9.13 Å². The van der Waals surface area contributed by atoms with Crippen LogP contribution in [0.25, 0.3) is 0 Å². The number of phosphoric ester groups is 2. The van der Waals surface area contributed by atoms with Gasteiger partial charge in [-0.05, 0) is 141 Å². The molecule has 0 bridgehead atoms. The van der Waals surface area contributed by atoms with E-state index in [1.807, 2.05) is 12.2 Å². The highest BCUT2D eigenvalue weighted by Crippen LogP contribution is 2.45. The third-order valence-electron chi connectivity index (χ3n) is 15.5. The van der Waals surface area contributed by atoms with E-state index in [1.165, 1.54) is 0 Å². The molecule has 5 unspecified atom stereocenters. The van der Waals surface area contributed by atoms with Crippen LogP contribution in [-0.2, 0) is 65.4 Å². The van der Waals surface area contributed by atoms with Crippen LogP contribution in [0.4, 0.5) is 0 Å². The van der Waals surface area contributed by atoms with Crippen molar-refractivity contribution in [3.8, 4) is 0 Å². The molecular weight excluding hydrogens is 1330 g/mol. The van der Waals surface area contributed by atoms with Gasteiger partial charge >= 0.3 is 39.5 Å². The van der Waals surface area contributed by atoms with E-state index in [2.05, 4.69) is 161 Å². The molecule has 0 saturated carbocycles. The van der Waals surface area contributed by atoms with E-state index in [4.69, 9.17) is 37.0 Å². The normalized spacial score (nSPS) is 14.8. The monoisotopic (exact) mass is 1470 g/mol. The first-order valence-corrected chi connectivity index (χ1v) is 41.7. The first kappa shape index (κ1) is 96.7. The summed E-state index contributed by atoms with van der Waals surface area (Å²) in [5.74, 6) is -2.37. The van der Waals surface area contributed by atoms with Crippen LogP contribution >= 0.6 is 15.6 Å². The van der Waals surface area contributed by atoms with Crippen LogP contribution in [-0.4, -0.2) is 96.7 Å². The number of carbonyl (C=O) groups is 4. The van der Waals surface area contributed by atoms with Crippen molar-refractivity contribution < 1.29 is 80.2 Å². The average molecular weight is 1470 g/mol.